The molecule has 1 unspecified atom stereocenters. The summed E-state index contributed by atoms with van der Waals surface area (Å²) in [5.74, 6) is -0.0323. The minimum atomic E-state index is -0.923. The first-order chi connectivity index (χ1) is 20.3. The molecule has 1 fully saturated rings. The average Bonchev–Trinajstić information content (AvgIpc) is 3.62. The second kappa shape index (κ2) is 13.3. The molecule has 220 valence electrons. The third kappa shape index (κ3) is 6.49. The highest BCUT2D eigenvalue weighted by atomic mass is 35.5. The van der Waals surface area contributed by atoms with Crippen LogP contribution in [0.1, 0.15) is 27.2 Å². The summed E-state index contributed by atoms with van der Waals surface area (Å²) in [5.41, 5.74) is 8.31. The molecule has 5 rings (SSSR count). The molecule has 3 heterocycles. The Labute approximate surface area is 258 Å². The van der Waals surface area contributed by atoms with E-state index >= 15 is 0 Å². The van der Waals surface area contributed by atoms with Gasteiger partial charge in [-0.1, -0.05) is 35.3 Å². The van der Waals surface area contributed by atoms with Crippen molar-refractivity contribution in [1.82, 2.24) is 14.4 Å². The molecular formula is C31H32Cl2N4O4S. The van der Waals surface area contributed by atoms with Crippen LogP contribution in [0.3, 0.4) is 0 Å². The minimum absolute atomic E-state index is 0.0495. The molecule has 2 N–H and O–H groups in total. The number of benzene rings is 2. The lowest BCUT2D eigenvalue weighted by molar-refractivity contribution is -0.155. The molecule has 2 amide bonds. The maximum atomic E-state index is 13.9. The smallest absolute Gasteiger partial charge is 0.246 e. The van der Waals surface area contributed by atoms with Crippen molar-refractivity contribution >= 4 is 63.2 Å². The van der Waals surface area contributed by atoms with Crippen LogP contribution < -0.4 is 10.5 Å². The number of rotatable bonds is 11. The second-order valence-electron chi connectivity index (χ2n) is 10.2. The highest BCUT2D eigenvalue weighted by Crippen LogP contribution is 2.28. The highest BCUT2D eigenvalue weighted by molar-refractivity contribution is 7.09. The van der Waals surface area contributed by atoms with E-state index in [4.69, 9.17) is 33.7 Å². The first-order valence-electron chi connectivity index (χ1n) is 13.7. The quantitative estimate of drug-likeness (QED) is 0.250. The fourth-order valence-corrected chi connectivity index (χ4v) is 6.61. The van der Waals surface area contributed by atoms with Crippen molar-refractivity contribution in [1.29, 1.82) is 0 Å². The summed E-state index contributed by atoms with van der Waals surface area (Å²) in [6.07, 6.45) is 3.28. The Hall–Kier alpha value is -3.37. The molecule has 0 bridgehead atoms. The number of hydrogen-bond donors (Lipinski definition) is 1. The zero-order chi connectivity index (χ0) is 29.8. The van der Waals surface area contributed by atoms with Crippen LogP contribution in [0.4, 0.5) is 0 Å². The van der Waals surface area contributed by atoms with Gasteiger partial charge in [-0.15, -0.1) is 11.3 Å². The van der Waals surface area contributed by atoms with E-state index in [1.165, 1.54) is 4.90 Å². The van der Waals surface area contributed by atoms with Gasteiger partial charge in [0.1, 0.15) is 11.8 Å². The predicted molar refractivity (Wildman–Crippen MR) is 167 cm³/mol. The Balaban J connectivity index is 1.41. The molecule has 1 aliphatic rings. The van der Waals surface area contributed by atoms with Crippen molar-refractivity contribution in [3.05, 3.63) is 86.2 Å². The molecule has 0 spiro atoms. The van der Waals surface area contributed by atoms with E-state index in [0.29, 0.717) is 60.2 Å². The molecule has 0 aliphatic carbocycles. The van der Waals surface area contributed by atoms with Crippen molar-refractivity contribution in [3.63, 3.8) is 0 Å². The number of thiophene rings is 1. The third-order valence-electron chi connectivity index (χ3n) is 7.61. The minimum Gasteiger partial charge on any atom is -0.497 e. The van der Waals surface area contributed by atoms with Crippen LogP contribution in [0.15, 0.2) is 60.1 Å². The van der Waals surface area contributed by atoms with Crippen LogP contribution in [-0.2, 0) is 28.9 Å². The SMILES string of the molecule is COc1ccc2c(c1)c(CCN)cn2C(=O)CC1C(=O)N(CCc2ccc(Cl)cc2Cl)CC(=O)N1CCc1cccs1. The molecule has 0 radical (unpaired) electrons. The first kappa shape index (κ1) is 30.1. The Morgan fingerprint density at radius 3 is 2.60 bits per heavy atom. The number of methoxy groups -OCH3 is 1. The first-order valence-corrected chi connectivity index (χ1v) is 15.4. The summed E-state index contributed by atoms with van der Waals surface area (Å²) in [5, 5.41) is 3.88. The van der Waals surface area contributed by atoms with Gasteiger partial charge in [-0.2, -0.15) is 0 Å². The maximum absolute atomic E-state index is 13.9. The van der Waals surface area contributed by atoms with E-state index in [9.17, 15) is 14.4 Å². The topological polar surface area (TPSA) is 97.9 Å². The van der Waals surface area contributed by atoms with Crippen LogP contribution >= 0.6 is 34.5 Å². The van der Waals surface area contributed by atoms with Gasteiger partial charge < -0.3 is 20.3 Å². The number of carbonyl (C=O) groups is 3. The number of aromatic nitrogens is 1. The summed E-state index contributed by atoms with van der Waals surface area (Å²) in [6, 6.07) is 13.8. The van der Waals surface area contributed by atoms with Gasteiger partial charge in [0.05, 0.1) is 25.6 Å². The Bertz CT molecular complexity index is 1600. The number of nitrogens with two attached hydrogens (primary N) is 1. The zero-order valence-electron chi connectivity index (χ0n) is 23.2. The van der Waals surface area contributed by atoms with E-state index in [1.807, 2.05) is 35.7 Å². The number of halogens is 2. The van der Waals surface area contributed by atoms with E-state index in [-0.39, 0.29) is 30.7 Å². The maximum Gasteiger partial charge on any atom is 0.246 e. The van der Waals surface area contributed by atoms with Gasteiger partial charge in [0.25, 0.3) is 0 Å². The van der Waals surface area contributed by atoms with E-state index < -0.39 is 6.04 Å². The number of carbonyl (C=O) groups excluding carboxylic acids is 3. The second-order valence-corrected chi connectivity index (χ2v) is 12.1. The fraction of sp³-hybridized carbons (Fsp3) is 0.323. The van der Waals surface area contributed by atoms with Gasteiger partial charge in [0, 0.05) is 39.6 Å². The standard InChI is InChI=1S/C31H32Cl2N4O4S/c1-41-23-6-7-27-25(16-23)21(8-11-34)18-37(27)29(38)17-28-31(40)35(12-9-20-4-5-22(32)15-26(20)33)19-30(39)36(28)13-10-24-3-2-14-42-24/h2-7,14-16,18,28H,8-13,17,19,34H2,1H3. The molecule has 8 nitrogen and oxygen atoms in total. The van der Waals surface area contributed by atoms with Gasteiger partial charge in [0.15, 0.2) is 0 Å². The molecular weight excluding hydrogens is 595 g/mol. The number of nitrogens with zero attached hydrogens (tertiary/aromatic N) is 3. The van der Waals surface area contributed by atoms with Crippen LogP contribution in [0.2, 0.25) is 10.0 Å². The van der Waals surface area contributed by atoms with Gasteiger partial charge in [-0.25, -0.2) is 0 Å². The van der Waals surface area contributed by atoms with Crippen LogP contribution in [-0.4, -0.2) is 71.4 Å². The molecule has 1 saturated heterocycles. The van der Waals surface area contributed by atoms with Crippen molar-refractivity contribution in [2.45, 2.75) is 31.7 Å². The van der Waals surface area contributed by atoms with E-state index in [2.05, 4.69) is 0 Å². The van der Waals surface area contributed by atoms with Gasteiger partial charge in [-0.3, -0.25) is 19.0 Å². The molecule has 2 aromatic carbocycles. The van der Waals surface area contributed by atoms with Crippen molar-refractivity contribution in [3.8, 4) is 5.75 Å². The molecule has 11 heteroatoms. The lowest BCUT2D eigenvalue weighted by atomic mass is 10.0. The molecule has 2 aromatic heterocycles. The van der Waals surface area contributed by atoms with Gasteiger partial charge in [0.2, 0.25) is 17.7 Å². The van der Waals surface area contributed by atoms with Crippen LogP contribution in [0.25, 0.3) is 10.9 Å². The van der Waals surface area contributed by atoms with E-state index in [0.717, 1.165) is 21.4 Å². The summed E-state index contributed by atoms with van der Waals surface area (Å²) >= 11 is 14.0. The lowest BCUT2D eigenvalue weighted by Gasteiger charge is -2.40. The molecule has 4 aromatic rings. The van der Waals surface area contributed by atoms with Crippen LogP contribution in [0.5, 0.6) is 5.75 Å². The number of fused-ring (bicyclic) bond motifs is 1. The summed E-state index contributed by atoms with van der Waals surface area (Å²) in [7, 11) is 1.59. The Kier molecular flexibility index (Phi) is 9.53. The largest absolute Gasteiger partial charge is 0.497 e. The Morgan fingerprint density at radius 1 is 1.05 bits per heavy atom. The highest BCUT2D eigenvalue weighted by Gasteiger charge is 2.40. The van der Waals surface area contributed by atoms with Crippen molar-refractivity contribution in [2.75, 3.05) is 33.3 Å². The third-order valence-corrected chi connectivity index (χ3v) is 9.13. The van der Waals surface area contributed by atoms with Gasteiger partial charge >= 0.3 is 0 Å². The number of hydrogen-bond acceptors (Lipinski definition) is 6. The summed E-state index contributed by atoms with van der Waals surface area (Å²) in [4.78, 5) is 45.5. The monoisotopic (exact) mass is 626 g/mol. The van der Waals surface area contributed by atoms with Crippen LogP contribution in [0, 0.1) is 0 Å². The normalized spacial score (nSPS) is 15.6. The molecule has 42 heavy (non-hydrogen) atoms. The zero-order valence-corrected chi connectivity index (χ0v) is 25.6. The van der Waals surface area contributed by atoms with E-state index in [1.54, 1.807) is 52.3 Å². The Morgan fingerprint density at radius 2 is 1.88 bits per heavy atom. The van der Waals surface area contributed by atoms with Crippen molar-refractivity contribution < 1.29 is 19.1 Å². The van der Waals surface area contributed by atoms with Crippen molar-refractivity contribution in [2.24, 2.45) is 5.73 Å². The average molecular weight is 628 g/mol. The molecule has 1 aliphatic heterocycles. The molecule has 0 saturated carbocycles. The number of amides is 2. The molecule has 1 atom stereocenters. The predicted octanol–water partition coefficient (Wildman–Crippen LogP) is 5.07. The number of ether oxygens (including phenoxy) is 1. The number of piperazine rings is 1. The van der Waals surface area contributed by atoms with Gasteiger partial charge in [-0.05, 0) is 78.7 Å². The summed E-state index contributed by atoms with van der Waals surface area (Å²) in [6.45, 7) is 1.01. The fourth-order valence-electron chi connectivity index (χ4n) is 5.41. The lowest BCUT2D eigenvalue weighted by Crippen LogP contribution is -2.61. The summed E-state index contributed by atoms with van der Waals surface area (Å²) < 4.78 is 6.96.